The Labute approximate surface area is 151 Å². The molecule has 0 saturated heterocycles. The number of ether oxygens (including phenoxy) is 3. The zero-order valence-corrected chi connectivity index (χ0v) is 14.5. The van der Waals surface area contributed by atoms with E-state index in [0.717, 1.165) is 25.5 Å². The number of hydrogen-bond acceptors (Lipinski definition) is 5. The van der Waals surface area contributed by atoms with Crippen LogP contribution in [0.2, 0.25) is 0 Å². The second-order valence-corrected chi connectivity index (χ2v) is 5.48. The van der Waals surface area contributed by atoms with Crippen molar-refractivity contribution in [2.24, 2.45) is 0 Å². The lowest BCUT2D eigenvalue weighted by Gasteiger charge is -2.08. The van der Waals surface area contributed by atoms with E-state index in [-0.39, 0.29) is 11.3 Å². The van der Waals surface area contributed by atoms with Gasteiger partial charge in [0.1, 0.15) is 30.0 Å². The normalized spacial score (nSPS) is 10.2. The van der Waals surface area contributed by atoms with E-state index in [1.54, 1.807) is 30.3 Å². The largest absolute Gasteiger partial charge is 0.491 e. The van der Waals surface area contributed by atoms with Gasteiger partial charge in [0.05, 0.1) is 17.7 Å². The Morgan fingerprint density at radius 3 is 2.46 bits per heavy atom. The molecule has 0 fully saturated rings. The number of benzene rings is 2. The molecule has 26 heavy (non-hydrogen) atoms. The molecule has 0 heterocycles. The number of nitrogens with zero attached hydrogens (tertiary/aromatic N) is 1. The van der Waals surface area contributed by atoms with E-state index >= 15 is 0 Å². The lowest BCUT2D eigenvalue weighted by molar-refractivity contribution is 0.0734. The molecule has 0 unspecified atom stereocenters. The average Bonchev–Trinajstić information content (AvgIpc) is 2.65. The van der Waals surface area contributed by atoms with Crippen molar-refractivity contribution in [2.75, 3.05) is 19.8 Å². The number of carbonyl (C=O) groups is 1. The molecule has 0 saturated carbocycles. The monoisotopic (exact) mass is 357 g/mol. The predicted molar refractivity (Wildman–Crippen MR) is 93.7 cm³/mol. The van der Waals surface area contributed by atoms with Gasteiger partial charge in [0, 0.05) is 12.7 Å². The Bertz CT molecular complexity index is 768. The molecule has 2 aromatic rings. The molecule has 0 aromatic heterocycles. The maximum absolute atomic E-state index is 13.5. The number of nitriles is 1. The number of esters is 1. The summed E-state index contributed by atoms with van der Waals surface area (Å²) in [5.74, 6) is -0.702. The van der Waals surface area contributed by atoms with Gasteiger partial charge in [-0.25, -0.2) is 9.18 Å². The first-order valence-corrected chi connectivity index (χ1v) is 8.36. The van der Waals surface area contributed by atoms with Gasteiger partial charge in [-0.3, -0.25) is 0 Å². The van der Waals surface area contributed by atoms with Crippen molar-refractivity contribution in [2.45, 2.75) is 19.8 Å². The lowest BCUT2D eigenvalue weighted by Crippen LogP contribution is -2.09. The highest BCUT2D eigenvalue weighted by atomic mass is 19.1. The molecule has 6 heteroatoms. The summed E-state index contributed by atoms with van der Waals surface area (Å²) in [7, 11) is 0. The minimum atomic E-state index is -0.734. The Morgan fingerprint density at radius 2 is 1.81 bits per heavy atom. The van der Waals surface area contributed by atoms with Crippen molar-refractivity contribution in [3.63, 3.8) is 0 Å². The highest BCUT2D eigenvalue weighted by molar-refractivity contribution is 5.91. The van der Waals surface area contributed by atoms with Gasteiger partial charge in [-0.2, -0.15) is 5.26 Å². The van der Waals surface area contributed by atoms with Gasteiger partial charge in [0.2, 0.25) is 0 Å². The van der Waals surface area contributed by atoms with Gasteiger partial charge in [-0.15, -0.1) is 0 Å². The molecule has 0 N–H and O–H groups in total. The van der Waals surface area contributed by atoms with Crippen LogP contribution in [0.25, 0.3) is 0 Å². The van der Waals surface area contributed by atoms with Crippen molar-refractivity contribution in [3.05, 3.63) is 59.4 Å². The summed E-state index contributed by atoms with van der Waals surface area (Å²) in [4.78, 5) is 12.1. The standard InChI is InChI=1S/C20H20FNO4/c1-2-3-10-24-11-12-25-17-7-4-15(5-8-17)20(23)26-18-9-6-16(14-22)19(21)13-18/h4-9,13H,2-3,10-12H2,1H3. The van der Waals surface area contributed by atoms with Crippen molar-refractivity contribution in [3.8, 4) is 17.6 Å². The quantitative estimate of drug-likeness (QED) is 0.384. The molecule has 0 radical (unpaired) electrons. The summed E-state index contributed by atoms with van der Waals surface area (Å²) in [5, 5.41) is 8.69. The van der Waals surface area contributed by atoms with Gasteiger partial charge in [-0.1, -0.05) is 13.3 Å². The first-order chi connectivity index (χ1) is 12.6. The SMILES string of the molecule is CCCCOCCOc1ccc(C(=O)Oc2ccc(C#N)c(F)c2)cc1. The molecule has 2 aromatic carbocycles. The van der Waals surface area contributed by atoms with Gasteiger partial charge >= 0.3 is 5.97 Å². The number of rotatable bonds is 9. The lowest BCUT2D eigenvalue weighted by atomic mass is 10.2. The minimum Gasteiger partial charge on any atom is -0.491 e. The Balaban J connectivity index is 1.84. The van der Waals surface area contributed by atoms with Crippen molar-refractivity contribution < 1.29 is 23.4 Å². The van der Waals surface area contributed by atoms with Gasteiger partial charge in [-0.05, 0) is 42.8 Å². The molecule has 5 nitrogen and oxygen atoms in total. The van der Waals surface area contributed by atoms with Crippen LogP contribution in [0.5, 0.6) is 11.5 Å². The fraction of sp³-hybridized carbons (Fsp3) is 0.300. The summed E-state index contributed by atoms with van der Waals surface area (Å²) in [5.41, 5.74) is 0.200. The van der Waals surface area contributed by atoms with Crippen LogP contribution in [0.1, 0.15) is 35.7 Å². The molecule has 136 valence electrons. The maximum Gasteiger partial charge on any atom is 0.343 e. The van der Waals surface area contributed by atoms with Gasteiger partial charge in [0.15, 0.2) is 0 Å². The Hall–Kier alpha value is -2.91. The molecule has 0 bridgehead atoms. The highest BCUT2D eigenvalue weighted by Crippen LogP contribution is 2.18. The van der Waals surface area contributed by atoms with Crippen molar-refractivity contribution in [1.82, 2.24) is 0 Å². The van der Waals surface area contributed by atoms with Crippen LogP contribution in [0.15, 0.2) is 42.5 Å². The van der Waals surface area contributed by atoms with Crippen LogP contribution in [-0.4, -0.2) is 25.8 Å². The molecule has 0 spiro atoms. The Morgan fingerprint density at radius 1 is 1.08 bits per heavy atom. The summed E-state index contributed by atoms with van der Waals surface area (Å²) >= 11 is 0. The summed E-state index contributed by atoms with van der Waals surface area (Å²) < 4.78 is 29.6. The number of unbranched alkanes of at least 4 members (excludes halogenated alkanes) is 1. The topological polar surface area (TPSA) is 68.6 Å². The zero-order valence-electron chi connectivity index (χ0n) is 14.5. The third-order valence-electron chi connectivity index (χ3n) is 3.50. The maximum atomic E-state index is 13.5. The van der Waals surface area contributed by atoms with Crippen LogP contribution in [0, 0.1) is 17.1 Å². The first kappa shape index (κ1) is 19.4. The summed E-state index contributed by atoms with van der Waals surface area (Å²) in [6.45, 7) is 3.76. The predicted octanol–water partition coefficient (Wildman–Crippen LogP) is 4.11. The second kappa shape index (κ2) is 10.2. The van der Waals surface area contributed by atoms with Crippen LogP contribution < -0.4 is 9.47 Å². The van der Waals surface area contributed by atoms with E-state index < -0.39 is 11.8 Å². The van der Waals surface area contributed by atoms with Gasteiger partial charge < -0.3 is 14.2 Å². The summed E-state index contributed by atoms with van der Waals surface area (Å²) in [6.07, 6.45) is 2.12. The molecule has 0 aliphatic heterocycles. The van der Waals surface area contributed by atoms with Crippen molar-refractivity contribution in [1.29, 1.82) is 5.26 Å². The zero-order chi connectivity index (χ0) is 18.8. The van der Waals surface area contributed by atoms with Crippen LogP contribution in [-0.2, 0) is 4.74 Å². The van der Waals surface area contributed by atoms with Crippen molar-refractivity contribution >= 4 is 5.97 Å². The second-order valence-electron chi connectivity index (χ2n) is 5.48. The highest BCUT2D eigenvalue weighted by Gasteiger charge is 2.11. The van der Waals surface area contributed by atoms with E-state index in [9.17, 15) is 9.18 Å². The molecule has 0 aliphatic rings. The Kier molecular flexibility index (Phi) is 7.59. The van der Waals surface area contributed by atoms with Crippen LogP contribution in [0.3, 0.4) is 0 Å². The van der Waals surface area contributed by atoms with Crippen LogP contribution in [0.4, 0.5) is 4.39 Å². The smallest absolute Gasteiger partial charge is 0.343 e. The minimum absolute atomic E-state index is 0.0380. The third kappa shape index (κ3) is 5.87. The van der Waals surface area contributed by atoms with E-state index in [4.69, 9.17) is 19.5 Å². The molecule has 2 rings (SSSR count). The molecular formula is C20H20FNO4. The first-order valence-electron chi connectivity index (χ1n) is 8.36. The van der Waals surface area contributed by atoms with E-state index in [0.29, 0.717) is 24.5 Å². The molecule has 0 atom stereocenters. The van der Waals surface area contributed by atoms with E-state index in [1.165, 1.54) is 12.1 Å². The number of carbonyl (C=O) groups excluding carboxylic acids is 1. The fourth-order valence-corrected chi connectivity index (χ4v) is 2.07. The van der Waals surface area contributed by atoms with Gasteiger partial charge in [0.25, 0.3) is 0 Å². The molecular weight excluding hydrogens is 337 g/mol. The summed E-state index contributed by atoms with van der Waals surface area (Å²) in [6, 6.07) is 11.8. The average molecular weight is 357 g/mol. The number of halogens is 1. The molecule has 0 amide bonds. The third-order valence-corrected chi connectivity index (χ3v) is 3.50. The fourth-order valence-electron chi connectivity index (χ4n) is 2.07. The van der Waals surface area contributed by atoms with E-state index in [1.807, 2.05) is 0 Å². The van der Waals surface area contributed by atoms with E-state index in [2.05, 4.69) is 6.92 Å². The molecule has 0 aliphatic carbocycles. The van der Waals surface area contributed by atoms with Crippen LogP contribution >= 0.6 is 0 Å². The number of hydrogen-bond donors (Lipinski definition) is 0.